The number of aromatic nitrogens is 2. The lowest BCUT2D eigenvalue weighted by Gasteiger charge is -2.02. The molecule has 2 rings (SSSR count). The van der Waals surface area contributed by atoms with Crippen LogP contribution in [0, 0.1) is 0 Å². The Morgan fingerprint density at radius 3 is 2.81 bits per heavy atom. The number of benzene rings is 1. The van der Waals surface area contributed by atoms with Crippen LogP contribution in [0.1, 0.15) is 16.2 Å². The predicted octanol–water partition coefficient (Wildman–Crippen LogP) is 3.36. The summed E-state index contributed by atoms with van der Waals surface area (Å²) in [6.45, 7) is 0. The number of hydrogen-bond acceptors (Lipinski definition) is 2. The number of aromatic amines is 1. The Kier molecular flexibility index (Phi) is 3.56. The van der Waals surface area contributed by atoms with Crippen molar-refractivity contribution in [3.8, 4) is 0 Å². The molecule has 0 unspecified atom stereocenters. The first-order valence-corrected chi connectivity index (χ1v) is 6.22. The first-order valence-electron chi connectivity index (χ1n) is 4.63. The molecule has 0 aliphatic carbocycles. The van der Waals surface area contributed by atoms with E-state index < -0.39 is 0 Å². The number of carbonyl (C=O) groups excluding carboxylic acids is 1. The SMILES string of the molecule is O=C(Cc1ncc[nH]1)c1ccc(Br)cc1Br. The average molecular weight is 344 g/mol. The van der Waals surface area contributed by atoms with Gasteiger partial charge < -0.3 is 4.98 Å². The van der Waals surface area contributed by atoms with Crippen molar-refractivity contribution in [3.63, 3.8) is 0 Å². The fraction of sp³-hybridized carbons (Fsp3) is 0.0909. The highest BCUT2D eigenvalue weighted by atomic mass is 79.9. The molecule has 1 N–H and O–H groups in total. The van der Waals surface area contributed by atoms with Crippen LogP contribution in [0.4, 0.5) is 0 Å². The summed E-state index contributed by atoms with van der Waals surface area (Å²) in [5, 5.41) is 0. The van der Waals surface area contributed by atoms with Crippen LogP contribution in [0.15, 0.2) is 39.5 Å². The Bertz CT molecular complexity index is 509. The van der Waals surface area contributed by atoms with E-state index in [0.29, 0.717) is 11.4 Å². The van der Waals surface area contributed by atoms with E-state index in [0.717, 1.165) is 8.95 Å². The highest BCUT2D eigenvalue weighted by Gasteiger charge is 2.12. The van der Waals surface area contributed by atoms with Crippen LogP contribution >= 0.6 is 31.9 Å². The molecule has 3 nitrogen and oxygen atoms in total. The van der Waals surface area contributed by atoms with Gasteiger partial charge in [-0.05, 0) is 18.2 Å². The van der Waals surface area contributed by atoms with Crippen LogP contribution < -0.4 is 0 Å². The van der Waals surface area contributed by atoms with Crippen molar-refractivity contribution in [3.05, 3.63) is 50.9 Å². The van der Waals surface area contributed by atoms with Gasteiger partial charge in [0, 0.05) is 26.9 Å². The minimum atomic E-state index is 0.0364. The lowest BCUT2D eigenvalue weighted by Crippen LogP contribution is -2.05. The van der Waals surface area contributed by atoms with Gasteiger partial charge in [-0.2, -0.15) is 0 Å². The Morgan fingerprint density at radius 2 is 2.19 bits per heavy atom. The molecule has 0 fully saturated rings. The normalized spacial score (nSPS) is 10.4. The molecular formula is C11H8Br2N2O. The van der Waals surface area contributed by atoms with E-state index in [1.54, 1.807) is 18.5 Å². The van der Waals surface area contributed by atoms with Crippen LogP contribution in [-0.2, 0) is 6.42 Å². The van der Waals surface area contributed by atoms with Crippen molar-refractivity contribution in [1.29, 1.82) is 0 Å². The van der Waals surface area contributed by atoms with E-state index >= 15 is 0 Å². The maximum absolute atomic E-state index is 11.9. The highest BCUT2D eigenvalue weighted by Crippen LogP contribution is 2.22. The zero-order valence-corrected chi connectivity index (χ0v) is 11.4. The number of rotatable bonds is 3. The fourth-order valence-corrected chi connectivity index (χ4v) is 2.63. The molecule has 0 aliphatic rings. The van der Waals surface area contributed by atoms with Crippen LogP contribution in [-0.4, -0.2) is 15.8 Å². The topological polar surface area (TPSA) is 45.8 Å². The largest absolute Gasteiger partial charge is 0.348 e. The first kappa shape index (κ1) is 11.5. The summed E-state index contributed by atoms with van der Waals surface area (Å²) in [5.41, 5.74) is 0.666. The van der Waals surface area contributed by atoms with Gasteiger partial charge >= 0.3 is 0 Å². The molecule has 2 aromatic rings. The molecule has 0 saturated carbocycles. The van der Waals surface area contributed by atoms with Crippen LogP contribution in [0.25, 0.3) is 0 Å². The van der Waals surface area contributed by atoms with Crippen LogP contribution in [0.5, 0.6) is 0 Å². The van der Waals surface area contributed by atoms with Gasteiger partial charge in [-0.3, -0.25) is 4.79 Å². The number of hydrogen-bond donors (Lipinski definition) is 1. The van der Waals surface area contributed by atoms with E-state index in [4.69, 9.17) is 0 Å². The smallest absolute Gasteiger partial charge is 0.171 e. The fourth-order valence-electron chi connectivity index (χ4n) is 1.36. The monoisotopic (exact) mass is 342 g/mol. The summed E-state index contributed by atoms with van der Waals surface area (Å²) in [6.07, 6.45) is 3.63. The number of imidazole rings is 1. The minimum absolute atomic E-state index is 0.0364. The highest BCUT2D eigenvalue weighted by molar-refractivity contribution is 9.11. The number of Topliss-reactive ketones (excluding diaryl/α,β-unsaturated/α-hetero) is 1. The number of nitrogens with one attached hydrogen (secondary N) is 1. The molecule has 0 amide bonds. The molecule has 0 radical (unpaired) electrons. The number of halogens is 2. The van der Waals surface area contributed by atoms with Gasteiger partial charge in [0.25, 0.3) is 0 Å². The van der Waals surface area contributed by atoms with Gasteiger partial charge in [-0.15, -0.1) is 0 Å². The van der Waals surface area contributed by atoms with Crippen molar-refractivity contribution in [2.75, 3.05) is 0 Å². The third-order valence-corrected chi connectivity index (χ3v) is 3.26. The molecule has 0 saturated heterocycles. The Balaban J connectivity index is 2.21. The van der Waals surface area contributed by atoms with Crippen molar-refractivity contribution >= 4 is 37.6 Å². The standard InChI is InChI=1S/C11H8Br2N2O/c12-7-1-2-8(9(13)5-7)10(16)6-11-14-3-4-15-11/h1-5H,6H2,(H,14,15). The molecule has 0 aliphatic heterocycles. The van der Waals surface area contributed by atoms with Gasteiger partial charge in [-0.25, -0.2) is 4.98 Å². The molecule has 82 valence electrons. The number of nitrogens with zero attached hydrogens (tertiary/aromatic N) is 1. The van der Waals surface area contributed by atoms with Gasteiger partial charge in [-0.1, -0.05) is 31.9 Å². The average Bonchev–Trinajstić information content (AvgIpc) is 2.70. The number of H-pyrrole nitrogens is 1. The van der Waals surface area contributed by atoms with Crippen molar-refractivity contribution in [2.45, 2.75) is 6.42 Å². The summed E-state index contributed by atoms with van der Waals surface area (Å²) < 4.78 is 1.73. The van der Waals surface area contributed by atoms with Crippen LogP contribution in [0.2, 0.25) is 0 Å². The molecule has 1 heterocycles. The molecule has 16 heavy (non-hydrogen) atoms. The maximum Gasteiger partial charge on any atom is 0.171 e. The van der Waals surface area contributed by atoms with Gasteiger partial charge in [0.05, 0.1) is 6.42 Å². The van der Waals surface area contributed by atoms with Crippen LogP contribution in [0.3, 0.4) is 0 Å². The Labute approximate surface area is 110 Å². The van der Waals surface area contributed by atoms with E-state index in [9.17, 15) is 4.79 Å². The lowest BCUT2D eigenvalue weighted by molar-refractivity contribution is 0.0990. The Hall–Kier alpha value is -0.940. The maximum atomic E-state index is 11.9. The summed E-state index contributed by atoms with van der Waals surface area (Å²) in [6, 6.07) is 5.49. The molecule has 1 aromatic heterocycles. The lowest BCUT2D eigenvalue weighted by atomic mass is 10.1. The van der Waals surface area contributed by atoms with E-state index in [2.05, 4.69) is 41.8 Å². The molecule has 0 bridgehead atoms. The molecule has 5 heteroatoms. The Morgan fingerprint density at radius 1 is 1.38 bits per heavy atom. The second-order valence-electron chi connectivity index (χ2n) is 3.26. The van der Waals surface area contributed by atoms with Crippen molar-refractivity contribution in [2.24, 2.45) is 0 Å². The van der Waals surface area contributed by atoms with Crippen molar-refractivity contribution < 1.29 is 4.79 Å². The molecule has 0 atom stereocenters. The third kappa shape index (κ3) is 2.59. The number of ketones is 1. The zero-order valence-electron chi connectivity index (χ0n) is 8.21. The quantitative estimate of drug-likeness (QED) is 0.868. The zero-order chi connectivity index (χ0) is 11.5. The van der Waals surface area contributed by atoms with Gasteiger partial charge in [0.15, 0.2) is 5.78 Å². The predicted molar refractivity (Wildman–Crippen MR) is 68.5 cm³/mol. The van der Waals surface area contributed by atoms with E-state index in [1.165, 1.54) is 0 Å². The number of carbonyl (C=O) groups is 1. The molecule has 0 spiro atoms. The first-order chi connectivity index (χ1) is 7.66. The van der Waals surface area contributed by atoms with Gasteiger partial charge in [0.1, 0.15) is 5.82 Å². The second kappa shape index (κ2) is 4.93. The van der Waals surface area contributed by atoms with Gasteiger partial charge in [0.2, 0.25) is 0 Å². The van der Waals surface area contributed by atoms with E-state index in [1.807, 2.05) is 12.1 Å². The second-order valence-corrected chi connectivity index (χ2v) is 5.03. The summed E-state index contributed by atoms with van der Waals surface area (Å²) >= 11 is 6.72. The third-order valence-electron chi connectivity index (χ3n) is 2.11. The molecule has 1 aromatic carbocycles. The minimum Gasteiger partial charge on any atom is -0.348 e. The molecular weight excluding hydrogens is 336 g/mol. The summed E-state index contributed by atoms with van der Waals surface area (Å²) in [4.78, 5) is 18.9. The van der Waals surface area contributed by atoms with E-state index in [-0.39, 0.29) is 12.2 Å². The van der Waals surface area contributed by atoms with Crippen molar-refractivity contribution in [1.82, 2.24) is 9.97 Å². The summed E-state index contributed by atoms with van der Waals surface area (Å²) in [7, 11) is 0. The summed E-state index contributed by atoms with van der Waals surface area (Å²) in [5.74, 6) is 0.717.